The zero-order valence-corrected chi connectivity index (χ0v) is 14.7. The van der Waals surface area contributed by atoms with Gasteiger partial charge in [0, 0.05) is 30.7 Å². The molecular weight excluding hydrogens is 329 g/mol. The monoisotopic (exact) mass is 353 g/mol. The molecule has 1 aromatic heterocycles. The second-order valence-electron chi connectivity index (χ2n) is 7.59. The fourth-order valence-corrected chi connectivity index (χ4v) is 4.73. The predicted octanol–water partition coefficient (Wildman–Crippen LogP) is 2.87. The molecule has 3 unspecified atom stereocenters. The number of halogens is 1. The summed E-state index contributed by atoms with van der Waals surface area (Å²) in [4.78, 5) is 2.48. The van der Waals surface area contributed by atoms with Crippen molar-refractivity contribution in [2.75, 3.05) is 13.1 Å². The van der Waals surface area contributed by atoms with Gasteiger partial charge in [-0.05, 0) is 55.8 Å². The van der Waals surface area contributed by atoms with Gasteiger partial charge in [0.05, 0.1) is 11.3 Å². The lowest BCUT2D eigenvalue weighted by molar-refractivity contribution is 0.138. The SMILES string of the molecule is N#Cc1c[nH]nc1C1CC(c2ccc(F)cc2)CC1N1CCC[C@@H](N)C1. The minimum atomic E-state index is -0.207. The molecule has 1 aliphatic carbocycles. The molecule has 26 heavy (non-hydrogen) atoms. The molecule has 0 amide bonds. The lowest BCUT2D eigenvalue weighted by atomic mass is 9.93. The number of aromatic amines is 1. The molecule has 0 radical (unpaired) electrons. The summed E-state index contributed by atoms with van der Waals surface area (Å²) < 4.78 is 13.3. The molecule has 0 bridgehead atoms. The van der Waals surface area contributed by atoms with Gasteiger partial charge >= 0.3 is 0 Å². The van der Waals surface area contributed by atoms with Crippen molar-refractivity contribution in [3.8, 4) is 6.07 Å². The summed E-state index contributed by atoms with van der Waals surface area (Å²) in [6.45, 7) is 1.93. The number of nitrogens with two attached hydrogens (primary N) is 1. The summed E-state index contributed by atoms with van der Waals surface area (Å²) in [6, 6.07) is 9.62. The van der Waals surface area contributed by atoms with Crippen molar-refractivity contribution in [2.24, 2.45) is 5.73 Å². The Bertz CT molecular complexity index is 793. The summed E-state index contributed by atoms with van der Waals surface area (Å²) in [5.41, 5.74) is 8.87. The lowest BCUT2D eigenvalue weighted by Crippen LogP contribution is -2.48. The normalized spacial score (nSPS) is 29.6. The zero-order valence-electron chi connectivity index (χ0n) is 14.7. The number of piperidine rings is 1. The van der Waals surface area contributed by atoms with E-state index in [9.17, 15) is 9.65 Å². The summed E-state index contributed by atoms with van der Waals surface area (Å²) in [5, 5.41) is 16.7. The van der Waals surface area contributed by atoms with E-state index in [1.54, 1.807) is 6.20 Å². The van der Waals surface area contributed by atoms with Gasteiger partial charge in [-0.3, -0.25) is 10.00 Å². The van der Waals surface area contributed by atoms with Gasteiger partial charge in [-0.1, -0.05) is 12.1 Å². The van der Waals surface area contributed by atoms with Gasteiger partial charge in [0.1, 0.15) is 11.9 Å². The Morgan fingerprint density at radius 2 is 2.08 bits per heavy atom. The van der Waals surface area contributed by atoms with Crippen LogP contribution in [0, 0.1) is 17.1 Å². The number of nitriles is 1. The smallest absolute Gasteiger partial charge is 0.123 e. The van der Waals surface area contributed by atoms with Crippen molar-refractivity contribution in [1.82, 2.24) is 15.1 Å². The van der Waals surface area contributed by atoms with E-state index < -0.39 is 0 Å². The number of nitrogens with zero attached hydrogens (tertiary/aromatic N) is 3. The number of nitrogens with one attached hydrogen (secondary N) is 1. The lowest BCUT2D eigenvalue weighted by Gasteiger charge is -2.37. The number of H-pyrrole nitrogens is 1. The Morgan fingerprint density at radius 3 is 2.81 bits per heavy atom. The summed E-state index contributed by atoms with van der Waals surface area (Å²) in [6.07, 6.45) is 5.76. The molecule has 2 heterocycles. The van der Waals surface area contributed by atoms with Crippen molar-refractivity contribution in [2.45, 2.75) is 49.6 Å². The van der Waals surface area contributed by atoms with Gasteiger partial charge < -0.3 is 5.73 Å². The van der Waals surface area contributed by atoms with Crippen molar-refractivity contribution in [3.63, 3.8) is 0 Å². The first-order valence-electron chi connectivity index (χ1n) is 9.34. The first-order chi connectivity index (χ1) is 12.7. The topological polar surface area (TPSA) is 81.7 Å². The Balaban J connectivity index is 1.64. The van der Waals surface area contributed by atoms with Crippen LogP contribution in [-0.2, 0) is 0 Å². The van der Waals surface area contributed by atoms with Gasteiger partial charge in [0.15, 0.2) is 0 Å². The molecule has 4 atom stereocenters. The van der Waals surface area contributed by atoms with Crippen LogP contribution in [0.4, 0.5) is 4.39 Å². The summed E-state index contributed by atoms with van der Waals surface area (Å²) in [5.74, 6) is 0.323. The van der Waals surface area contributed by atoms with E-state index in [2.05, 4.69) is 21.2 Å². The van der Waals surface area contributed by atoms with Crippen LogP contribution in [0.1, 0.15) is 54.3 Å². The van der Waals surface area contributed by atoms with E-state index in [0.717, 1.165) is 50.0 Å². The van der Waals surface area contributed by atoms with Crippen LogP contribution >= 0.6 is 0 Å². The van der Waals surface area contributed by atoms with Crippen LogP contribution in [0.3, 0.4) is 0 Å². The Hall–Kier alpha value is -2.23. The zero-order chi connectivity index (χ0) is 18.1. The van der Waals surface area contributed by atoms with E-state index in [-0.39, 0.29) is 17.8 Å². The second-order valence-corrected chi connectivity index (χ2v) is 7.59. The quantitative estimate of drug-likeness (QED) is 0.889. The molecular formula is C20H24FN5. The Labute approximate surface area is 153 Å². The third kappa shape index (κ3) is 3.25. The number of hydrogen-bond donors (Lipinski definition) is 2. The number of rotatable bonds is 3. The van der Waals surface area contributed by atoms with Gasteiger partial charge in [-0.15, -0.1) is 0 Å². The van der Waals surface area contributed by atoms with E-state index in [1.807, 2.05) is 12.1 Å². The molecule has 4 rings (SSSR count). The molecule has 5 nitrogen and oxygen atoms in total. The van der Waals surface area contributed by atoms with Crippen molar-refractivity contribution in [1.29, 1.82) is 5.26 Å². The second kappa shape index (κ2) is 7.18. The fourth-order valence-electron chi connectivity index (χ4n) is 4.73. The van der Waals surface area contributed by atoms with E-state index in [1.165, 1.54) is 12.1 Å². The largest absolute Gasteiger partial charge is 0.327 e. The predicted molar refractivity (Wildman–Crippen MR) is 97.0 cm³/mol. The Morgan fingerprint density at radius 1 is 1.27 bits per heavy atom. The maximum Gasteiger partial charge on any atom is 0.123 e. The Kier molecular flexibility index (Phi) is 4.75. The highest BCUT2D eigenvalue weighted by molar-refractivity contribution is 5.36. The third-order valence-electron chi connectivity index (χ3n) is 5.97. The minimum Gasteiger partial charge on any atom is -0.327 e. The van der Waals surface area contributed by atoms with Gasteiger partial charge in [0.2, 0.25) is 0 Å². The van der Waals surface area contributed by atoms with Crippen molar-refractivity contribution < 1.29 is 4.39 Å². The highest BCUT2D eigenvalue weighted by atomic mass is 19.1. The maximum absolute atomic E-state index is 13.3. The van der Waals surface area contributed by atoms with Crippen molar-refractivity contribution in [3.05, 3.63) is 53.1 Å². The van der Waals surface area contributed by atoms with Gasteiger partial charge in [-0.2, -0.15) is 10.4 Å². The van der Waals surface area contributed by atoms with Crippen LogP contribution in [-0.4, -0.2) is 40.3 Å². The third-order valence-corrected chi connectivity index (χ3v) is 5.97. The van der Waals surface area contributed by atoms with Crippen LogP contribution in [0.5, 0.6) is 0 Å². The molecule has 6 heteroatoms. The van der Waals surface area contributed by atoms with Crippen LogP contribution in [0.25, 0.3) is 0 Å². The number of benzene rings is 1. The minimum absolute atomic E-state index is 0.191. The molecule has 1 aromatic carbocycles. The molecule has 1 saturated heterocycles. The summed E-state index contributed by atoms with van der Waals surface area (Å²) in [7, 11) is 0. The van der Waals surface area contributed by atoms with Gasteiger partial charge in [0.25, 0.3) is 0 Å². The van der Waals surface area contributed by atoms with E-state index in [0.29, 0.717) is 17.5 Å². The van der Waals surface area contributed by atoms with Crippen LogP contribution in [0.2, 0.25) is 0 Å². The average Bonchev–Trinajstić information content (AvgIpc) is 3.28. The fraction of sp³-hybridized carbons (Fsp3) is 0.500. The molecule has 2 fully saturated rings. The van der Waals surface area contributed by atoms with Crippen molar-refractivity contribution >= 4 is 0 Å². The standard InChI is InChI=1S/C20H24FN5/c21-16-5-3-13(4-6-16)14-8-18(20-15(10-22)11-24-25-20)19(9-14)26-7-1-2-17(23)12-26/h3-6,11,14,17-19H,1-2,7-9,12,23H2,(H,24,25)/t14?,17-,18?,19?/m1/s1. The molecule has 2 aromatic rings. The first kappa shape index (κ1) is 17.2. The highest BCUT2D eigenvalue weighted by Gasteiger charge is 2.42. The maximum atomic E-state index is 13.3. The number of hydrogen-bond acceptors (Lipinski definition) is 4. The molecule has 136 valence electrons. The molecule has 2 aliphatic rings. The van der Waals surface area contributed by atoms with Crippen LogP contribution in [0.15, 0.2) is 30.5 Å². The van der Waals surface area contributed by atoms with Gasteiger partial charge in [-0.25, -0.2) is 4.39 Å². The number of likely N-dealkylation sites (tertiary alicyclic amines) is 1. The van der Waals surface area contributed by atoms with Crippen LogP contribution < -0.4 is 5.73 Å². The summed E-state index contributed by atoms with van der Waals surface area (Å²) >= 11 is 0. The molecule has 1 aliphatic heterocycles. The molecule has 1 saturated carbocycles. The number of aromatic nitrogens is 2. The first-order valence-corrected chi connectivity index (χ1v) is 9.34. The molecule has 0 spiro atoms. The average molecular weight is 353 g/mol. The van der Waals surface area contributed by atoms with E-state index >= 15 is 0 Å². The highest BCUT2D eigenvalue weighted by Crippen LogP contribution is 2.46. The van der Waals surface area contributed by atoms with E-state index in [4.69, 9.17) is 5.73 Å². The molecule has 3 N–H and O–H groups in total.